The minimum Gasteiger partial charge on any atom is -0.462 e. The molecule has 0 atom stereocenters. The first-order chi connectivity index (χ1) is 12.2. The van der Waals surface area contributed by atoms with Gasteiger partial charge in [0.05, 0.1) is 31.9 Å². The van der Waals surface area contributed by atoms with Crippen molar-refractivity contribution in [3.05, 3.63) is 17.0 Å². The zero-order valence-corrected chi connectivity index (χ0v) is 15.2. The number of piperidine rings is 1. The molecule has 3 rings (SSSR count). The fourth-order valence-corrected chi connectivity index (χ4v) is 3.97. The monoisotopic (exact) mass is 368 g/mol. The number of esters is 1. The first kappa shape index (κ1) is 18.3. The van der Waals surface area contributed by atoms with E-state index in [1.54, 1.807) is 18.4 Å². The smallest absolute Gasteiger partial charge is 0.341 e. The van der Waals surface area contributed by atoms with Crippen LogP contribution in [0.5, 0.6) is 0 Å². The summed E-state index contributed by atoms with van der Waals surface area (Å²) < 4.78 is 16.1. The van der Waals surface area contributed by atoms with Gasteiger partial charge in [-0.05, 0) is 44.3 Å². The quantitative estimate of drug-likeness (QED) is 0.774. The molecule has 2 aliphatic rings. The number of hydrogen-bond donors (Lipinski definition) is 1. The fourth-order valence-electron chi connectivity index (χ4n) is 3.18. The molecule has 0 spiro atoms. The summed E-state index contributed by atoms with van der Waals surface area (Å²) in [5, 5.41) is 5.15. The molecule has 1 N–H and O–H groups in total. The molecule has 0 radical (unpaired) electrons. The van der Waals surface area contributed by atoms with Crippen molar-refractivity contribution < 1.29 is 23.8 Å². The molecule has 1 aromatic heterocycles. The first-order valence-electron chi connectivity index (χ1n) is 8.67. The molecular formula is C17H24N2O5S. The number of anilines is 1. The fraction of sp³-hybridized carbons (Fsp3) is 0.647. The molecule has 0 bridgehead atoms. The largest absolute Gasteiger partial charge is 0.462 e. The second-order valence-corrected chi connectivity index (χ2v) is 7.07. The van der Waals surface area contributed by atoms with Crippen LogP contribution in [0.25, 0.3) is 0 Å². The van der Waals surface area contributed by atoms with Crippen LogP contribution in [0.3, 0.4) is 0 Å². The van der Waals surface area contributed by atoms with E-state index in [-0.39, 0.29) is 12.2 Å². The summed E-state index contributed by atoms with van der Waals surface area (Å²) in [4.78, 5) is 26.3. The molecule has 0 saturated carbocycles. The van der Waals surface area contributed by atoms with E-state index in [4.69, 9.17) is 14.2 Å². The summed E-state index contributed by atoms with van der Waals surface area (Å²) in [6.45, 7) is 5.43. The van der Waals surface area contributed by atoms with Crippen LogP contribution in [-0.2, 0) is 19.0 Å². The minimum absolute atomic E-state index is 0.0748. The van der Waals surface area contributed by atoms with E-state index >= 15 is 0 Å². The molecular weight excluding hydrogens is 344 g/mol. The molecule has 0 aliphatic carbocycles. The number of nitrogens with one attached hydrogen (secondary N) is 1. The van der Waals surface area contributed by atoms with Crippen molar-refractivity contribution in [3.8, 4) is 0 Å². The highest BCUT2D eigenvalue weighted by atomic mass is 32.1. The Hall–Kier alpha value is -1.48. The first-order valence-corrected chi connectivity index (χ1v) is 9.55. The summed E-state index contributed by atoms with van der Waals surface area (Å²) in [6, 6.07) is 1.67. The second kappa shape index (κ2) is 8.75. The molecule has 1 aromatic rings. The minimum atomic E-state index is -0.406. The molecule has 0 aromatic carbocycles. The maximum absolute atomic E-state index is 12.3. The number of carbonyl (C=O) groups excluding carboxylic acids is 2. The molecule has 2 saturated heterocycles. The van der Waals surface area contributed by atoms with Gasteiger partial charge in [0.25, 0.3) is 0 Å². The van der Waals surface area contributed by atoms with Gasteiger partial charge in [-0.25, -0.2) is 4.79 Å². The van der Waals surface area contributed by atoms with Crippen LogP contribution in [0.2, 0.25) is 0 Å². The molecule has 25 heavy (non-hydrogen) atoms. The highest BCUT2D eigenvalue weighted by molar-refractivity contribution is 7.14. The summed E-state index contributed by atoms with van der Waals surface area (Å²) >= 11 is 1.33. The third-order valence-corrected chi connectivity index (χ3v) is 5.28. The van der Waals surface area contributed by atoms with Crippen molar-refractivity contribution in [2.24, 2.45) is 5.92 Å². The van der Waals surface area contributed by atoms with Gasteiger partial charge in [-0.15, -0.1) is 11.3 Å². The number of hydrogen-bond acceptors (Lipinski definition) is 7. The Kier molecular flexibility index (Phi) is 6.41. The lowest BCUT2D eigenvalue weighted by Crippen LogP contribution is -2.41. The highest BCUT2D eigenvalue weighted by Crippen LogP contribution is 2.26. The van der Waals surface area contributed by atoms with Crippen LogP contribution in [0.15, 0.2) is 11.4 Å². The summed E-state index contributed by atoms with van der Waals surface area (Å²) in [5.41, 5.74) is 0.412. The van der Waals surface area contributed by atoms with Gasteiger partial charge < -0.3 is 19.5 Å². The Morgan fingerprint density at radius 2 is 2.04 bits per heavy atom. The molecule has 1 amide bonds. The molecule has 138 valence electrons. The number of likely N-dealkylation sites (tertiary alicyclic amines) is 1. The normalized spacial score (nSPS) is 19.9. The summed E-state index contributed by atoms with van der Waals surface area (Å²) in [6.07, 6.45) is 1.85. The van der Waals surface area contributed by atoms with Crippen LogP contribution in [-0.4, -0.2) is 62.5 Å². The van der Waals surface area contributed by atoms with Crippen molar-refractivity contribution in [3.63, 3.8) is 0 Å². The zero-order valence-electron chi connectivity index (χ0n) is 14.4. The maximum atomic E-state index is 12.3. The van der Waals surface area contributed by atoms with Crippen LogP contribution in [0, 0.1) is 5.92 Å². The van der Waals surface area contributed by atoms with Gasteiger partial charge in [0.2, 0.25) is 5.91 Å². The van der Waals surface area contributed by atoms with Gasteiger partial charge >= 0.3 is 5.97 Å². The average Bonchev–Trinajstić information content (AvgIpc) is 3.27. The third kappa shape index (κ3) is 4.78. The van der Waals surface area contributed by atoms with E-state index in [1.807, 2.05) is 0 Å². The van der Waals surface area contributed by atoms with Crippen molar-refractivity contribution in [2.45, 2.75) is 26.1 Å². The Bertz CT molecular complexity index is 592. The Labute approximate surface area is 151 Å². The topological polar surface area (TPSA) is 77.1 Å². The third-order valence-electron chi connectivity index (χ3n) is 4.45. The van der Waals surface area contributed by atoms with Crippen molar-refractivity contribution in [1.29, 1.82) is 0 Å². The zero-order chi connectivity index (χ0) is 17.6. The van der Waals surface area contributed by atoms with Gasteiger partial charge in [-0.3, -0.25) is 9.69 Å². The van der Waals surface area contributed by atoms with E-state index in [0.29, 0.717) is 42.8 Å². The maximum Gasteiger partial charge on any atom is 0.341 e. The predicted octanol–water partition coefficient (Wildman–Crippen LogP) is 1.95. The van der Waals surface area contributed by atoms with Crippen molar-refractivity contribution in [2.75, 3.05) is 44.8 Å². The number of carbonyl (C=O) groups is 2. The lowest BCUT2D eigenvalue weighted by molar-refractivity contribution is -0.119. The summed E-state index contributed by atoms with van der Waals surface area (Å²) in [7, 11) is 0. The van der Waals surface area contributed by atoms with Gasteiger partial charge in [-0.1, -0.05) is 0 Å². The lowest BCUT2D eigenvalue weighted by atomic mass is 9.96. The van der Waals surface area contributed by atoms with Crippen LogP contribution in [0.4, 0.5) is 5.00 Å². The van der Waals surface area contributed by atoms with Gasteiger partial charge in [0.1, 0.15) is 5.00 Å². The molecule has 0 unspecified atom stereocenters. The standard InChI is InChI=1S/C17H24N2O5S/c1-2-22-16(21)13-5-10-25-15(13)18-14(20)11-19-6-3-12(4-7-19)17-23-8-9-24-17/h5,10,12,17H,2-4,6-9,11H2,1H3,(H,18,20). The van der Waals surface area contributed by atoms with E-state index in [1.165, 1.54) is 11.3 Å². The molecule has 3 heterocycles. The van der Waals surface area contributed by atoms with E-state index in [9.17, 15) is 9.59 Å². The molecule has 8 heteroatoms. The van der Waals surface area contributed by atoms with Crippen LogP contribution >= 0.6 is 11.3 Å². The predicted molar refractivity (Wildman–Crippen MR) is 93.8 cm³/mol. The molecule has 2 fully saturated rings. The van der Waals surface area contributed by atoms with Crippen LogP contribution in [0.1, 0.15) is 30.1 Å². The number of thiophene rings is 1. The highest BCUT2D eigenvalue weighted by Gasteiger charge is 2.31. The summed E-state index contributed by atoms with van der Waals surface area (Å²) in [5.74, 6) is -0.106. The number of amides is 1. The van der Waals surface area contributed by atoms with Gasteiger partial charge in [-0.2, -0.15) is 0 Å². The van der Waals surface area contributed by atoms with E-state index in [0.717, 1.165) is 25.9 Å². The Morgan fingerprint density at radius 3 is 2.72 bits per heavy atom. The SMILES string of the molecule is CCOC(=O)c1ccsc1NC(=O)CN1CCC(C2OCCO2)CC1. The number of nitrogens with zero attached hydrogens (tertiary/aromatic N) is 1. The second-order valence-electron chi connectivity index (χ2n) is 6.16. The lowest BCUT2D eigenvalue weighted by Gasteiger charge is -2.33. The van der Waals surface area contributed by atoms with Crippen molar-refractivity contribution in [1.82, 2.24) is 4.90 Å². The van der Waals surface area contributed by atoms with Gasteiger partial charge in [0, 0.05) is 5.92 Å². The molecule has 7 nitrogen and oxygen atoms in total. The number of ether oxygens (including phenoxy) is 3. The molecule has 2 aliphatic heterocycles. The Balaban J connectivity index is 1.46. The van der Waals surface area contributed by atoms with Crippen LogP contribution < -0.4 is 5.32 Å². The van der Waals surface area contributed by atoms with E-state index in [2.05, 4.69) is 10.2 Å². The Morgan fingerprint density at radius 1 is 1.32 bits per heavy atom. The number of rotatable bonds is 6. The van der Waals surface area contributed by atoms with E-state index < -0.39 is 5.97 Å². The van der Waals surface area contributed by atoms with Gasteiger partial charge in [0.15, 0.2) is 6.29 Å². The van der Waals surface area contributed by atoms with Crippen molar-refractivity contribution >= 4 is 28.2 Å². The average molecular weight is 368 g/mol.